The summed E-state index contributed by atoms with van der Waals surface area (Å²) in [5.74, 6) is -0.749. The Labute approximate surface area is 258 Å². The average molecular weight is 631 g/mol. The summed E-state index contributed by atoms with van der Waals surface area (Å²) in [6, 6.07) is 19.4. The Morgan fingerprint density at radius 2 is 1.60 bits per heavy atom. The molecule has 1 aliphatic rings. The lowest BCUT2D eigenvalue weighted by Crippen LogP contribution is -2.54. The zero-order chi connectivity index (χ0) is 30.3. The molecule has 3 aromatic carbocycles. The molecule has 1 fully saturated rings. The number of benzene rings is 3. The first kappa shape index (κ1) is 31.9. The van der Waals surface area contributed by atoms with Crippen molar-refractivity contribution in [2.75, 3.05) is 10.8 Å². The Balaban J connectivity index is 1.72. The van der Waals surface area contributed by atoms with Crippen LogP contribution in [0.25, 0.3) is 0 Å². The van der Waals surface area contributed by atoms with Crippen molar-refractivity contribution < 1.29 is 18.0 Å². The van der Waals surface area contributed by atoms with Gasteiger partial charge in [0.1, 0.15) is 12.6 Å². The van der Waals surface area contributed by atoms with E-state index in [1.807, 2.05) is 13.0 Å². The SMILES string of the molecule is CC[C@H](C(=O)NC1CCCCC1)N(Cc1ccc(Cl)c(Cl)c1)C(=O)CN(c1ccccc1C)S(=O)(=O)c1ccccc1. The normalized spacial score (nSPS) is 14.7. The lowest BCUT2D eigenvalue weighted by Gasteiger charge is -2.34. The first-order chi connectivity index (χ1) is 20.1. The fraction of sp³-hybridized carbons (Fsp3) is 0.375. The van der Waals surface area contributed by atoms with Crippen molar-refractivity contribution in [1.29, 1.82) is 0 Å². The number of sulfonamides is 1. The molecule has 0 aliphatic heterocycles. The molecule has 0 unspecified atom stereocenters. The highest BCUT2D eigenvalue weighted by Crippen LogP contribution is 2.28. The number of nitrogens with zero attached hydrogens (tertiary/aromatic N) is 2. The summed E-state index contributed by atoms with van der Waals surface area (Å²) in [5, 5.41) is 3.85. The number of aryl methyl sites for hydroxylation is 1. The van der Waals surface area contributed by atoms with Gasteiger partial charge in [-0.1, -0.05) is 91.9 Å². The van der Waals surface area contributed by atoms with Gasteiger partial charge in [-0.2, -0.15) is 0 Å². The summed E-state index contributed by atoms with van der Waals surface area (Å²) in [7, 11) is -4.12. The predicted octanol–water partition coefficient (Wildman–Crippen LogP) is 6.75. The van der Waals surface area contributed by atoms with E-state index < -0.39 is 28.5 Å². The minimum Gasteiger partial charge on any atom is -0.352 e. The molecule has 0 bridgehead atoms. The van der Waals surface area contributed by atoms with Crippen molar-refractivity contribution in [1.82, 2.24) is 10.2 Å². The van der Waals surface area contributed by atoms with Crippen molar-refractivity contribution >= 4 is 50.7 Å². The zero-order valence-corrected chi connectivity index (χ0v) is 26.3. The molecular formula is C32H37Cl2N3O4S. The van der Waals surface area contributed by atoms with Crippen LogP contribution in [-0.4, -0.2) is 43.8 Å². The average Bonchev–Trinajstić information content (AvgIpc) is 2.99. The minimum atomic E-state index is -4.12. The van der Waals surface area contributed by atoms with E-state index in [4.69, 9.17) is 23.2 Å². The molecule has 1 N–H and O–H groups in total. The highest BCUT2D eigenvalue weighted by Gasteiger charge is 2.34. The second-order valence-corrected chi connectivity index (χ2v) is 13.3. The van der Waals surface area contributed by atoms with Gasteiger partial charge in [0.05, 0.1) is 20.6 Å². The van der Waals surface area contributed by atoms with Crippen molar-refractivity contribution in [2.24, 2.45) is 0 Å². The molecular weight excluding hydrogens is 593 g/mol. The van der Waals surface area contributed by atoms with Gasteiger partial charge in [0.25, 0.3) is 10.0 Å². The third-order valence-corrected chi connectivity index (χ3v) is 10.2. The number of carbonyl (C=O) groups is 2. The summed E-state index contributed by atoms with van der Waals surface area (Å²) in [6.07, 6.45) is 5.41. The number of halogens is 2. The van der Waals surface area contributed by atoms with Crippen LogP contribution in [0.4, 0.5) is 5.69 Å². The quantitative estimate of drug-likeness (QED) is 0.254. The Bertz CT molecular complexity index is 1490. The molecule has 1 atom stereocenters. The number of hydrogen-bond acceptors (Lipinski definition) is 4. The Hall–Kier alpha value is -3.07. The van der Waals surface area contributed by atoms with Gasteiger partial charge in [-0.3, -0.25) is 13.9 Å². The Kier molecular flexibility index (Phi) is 10.9. The van der Waals surface area contributed by atoms with Gasteiger partial charge in [-0.15, -0.1) is 0 Å². The second-order valence-electron chi connectivity index (χ2n) is 10.6. The summed E-state index contributed by atoms with van der Waals surface area (Å²) >= 11 is 12.4. The van der Waals surface area contributed by atoms with E-state index in [0.717, 1.165) is 36.4 Å². The summed E-state index contributed by atoms with van der Waals surface area (Å²) < 4.78 is 29.1. The van der Waals surface area contributed by atoms with E-state index in [-0.39, 0.29) is 23.4 Å². The predicted molar refractivity (Wildman–Crippen MR) is 168 cm³/mol. The summed E-state index contributed by atoms with van der Waals surface area (Å²) in [6.45, 7) is 3.21. The van der Waals surface area contributed by atoms with Crippen LogP contribution >= 0.6 is 23.2 Å². The molecule has 0 spiro atoms. The van der Waals surface area contributed by atoms with Crippen molar-refractivity contribution in [3.05, 3.63) is 94.0 Å². The number of anilines is 1. The third kappa shape index (κ3) is 7.65. The maximum absolute atomic E-state index is 14.3. The van der Waals surface area contributed by atoms with E-state index in [1.165, 1.54) is 17.0 Å². The first-order valence-electron chi connectivity index (χ1n) is 14.3. The number of hydrogen-bond donors (Lipinski definition) is 1. The second kappa shape index (κ2) is 14.4. The lowest BCUT2D eigenvalue weighted by molar-refractivity contribution is -0.140. The third-order valence-electron chi connectivity index (χ3n) is 7.67. The van der Waals surface area contributed by atoms with Gasteiger partial charge in [0.2, 0.25) is 11.8 Å². The molecule has 0 radical (unpaired) electrons. The van der Waals surface area contributed by atoms with Crippen LogP contribution in [-0.2, 0) is 26.2 Å². The Morgan fingerprint density at radius 1 is 0.929 bits per heavy atom. The number of nitrogens with one attached hydrogen (secondary N) is 1. The largest absolute Gasteiger partial charge is 0.352 e. The van der Waals surface area contributed by atoms with Crippen LogP contribution in [0.15, 0.2) is 77.7 Å². The van der Waals surface area contributed by atoms with E-state index in [9.17, 15) is 18.0 Å². The topological polar surface area (TPSA) is 86.8 Å². The number of para-hydroxylation sites is 1. The first-order valence-corrected chi connectivity index (χ1v) is 16.5. The zero-order valence-electron chi connectivity index (χ0n) is 23.9. The molecule has 7 nitrogen and oxygen atoms in total. The highest BCUT2D eigenvalue weighted by molar-refractivity contribution is 7.92. The van der Waals surface area contributed by atoms with Crippen molar-refractivity contribution in [3.63, 3.8) is 0 Å². The van der Waals surface area contributed by atoms with Crippen molar-refractivity contribution in [3.8, 4) is 0 Å². The van der Waals surface area contributed by atoms with Crippen LogP contribution in [0.5, 0.6) is 0 Å². The number of carbonyl (C=O) groups excluding carboxylic acids is 2. The number of rotatable bonds is 11. The van der Waals surface area contributed by atoms with Gasteiger partial charge in [-0.25, -0.2) is 8.42 Å². The van der Waals surface area contributed by atoms with Gasteiger partial charge < -0.3 is 10.2 Å². The molecule has 0 heterocycles. The fourth-order valence-electron chi connectivity index (χ4n) is 5.37. The van der Waals surface area contributed by atoms with Crippen LogP contribution in [0.3, 0.4) is 0 Å². The smallest absolute Gasteiger partial charge is 0.264 e. The minimum absolute atomic E-state index is 0.0549. The monoisotopic (exact) mass is 629 g/mol. The molecule has 0 saturated heterocycles. The standard InChI is InChI=1S/C32H37Cl2N3O4S/c1-3-29(32(39)35-25-13-6-4-7-14-25)36(21-24-18-19-27(33)28(34)20-24)31(38)22-37(30-17-11-10-12-23(30)2)42(40,41)26-15-8-5-9-16-26/h5,8-12,15-20,25,29H,3-4,6-7,13-14,21-22H2,1-2H3,(H,35,39)/t29-/m1/s1. The van der Waals surface area contributed by atoms with Gasteiger partial charge in [0.15, 0.2) is 0 Å². The van der Waals surface area contributed by atoms with Crippen molar-refractivity contribution in [2.45, 2.75) is 75.9 Å². The molecule has 3 aromatic rings. The summed E-state index contributed by atoms with van der Waals surface area (Å²) in [4.78, 5) is 29.4. The van der Waals surface area contributed by atoms with Gasteiger partial charge >= 0.3 is 0 Å². The van der Waals surface area contributed by atoms with Crippen LogP contribution in [0, 0.1) is 6.92 Å². The molecule has 4 rings (SSSR count). The maximum atomic E-state index is 14.3. The van der Waals surface area contributed by atoms with Crippen LogP contribution in [0.1, 0.15) is 56.6 Å². The number of amides is 2. The molecule has 10 heteroatoms. The lowest BCUT2D eigenvalue weighted by atomic mass is 9.95. The van der Waals surface area contributed by atoms with E-state index in [0.29, 0.717) is 33.3 Å². The van der Waals surface area contributed by atoms with Gasteiger partial charge in [0, 0.05) is 12.6 Å². The summed E-state index contributed by atoms with van der Waals surface area (Å²) in [5.41, 5.74) is 1.77. The molecule has 42 heavy (non-hydrogen) atoms. The molecule has 1 saturated carbocycles. The van der Waals surface area contributed by atoms with Crippen LogP contribution < -0.4 is 9.62 Å². The fourth-order valence-corrected chi connectivity index (χ4v) is 7.20. The van der Waals surface area contributed by atoms with E-state index in [1.54, 1.807) is 61.5 Å². The van der Waals surface area contributed by atoms with Gasteiger partial charge in [-0.05, 0) is 67.6 Å². The molecule has 0 aromatic heterocycles. The molecule has 2 amide bonds. The molecule has 224 valence electrons. The highest BCUT2D eigenvalue weighted by atomic mass is 35.5. The maximum Gasteiger partial charge on any atom is 0.264 e. The van der Waals surface area contributed by atoms with E-state index >= 15 is 0 Å². The molecule has 1 aliphatic carbocycles. The Morgan fingerprint density at radius 3 is 2.24 bits per heavy atom. The van der Waals surface area contributed by atoms with Crippen LogP contribution in [0.2, 0.25) is 10.0 Å². The van der Waals surface area contributed by atoms with E-state index in [2.05, 4.69) is 5.32 Å².